The molecule has 3 aliphatic rings. The van der Waals surface area contributed by atoms with Crippen molar-refractivity contribution in [2.24, 2.45) is 5.92 Å². The Bertz CT molecular complexity index is 1180. The standard InChI is InChI=1S/C31H41N3O8/c1-3-38-27(36)18-32-30(37)33-25-10-8-24(9-11-25)29-41-26(19-34-14-12-31(13-15-34)39-16-17-40-31)21(2)28(42-29)23-6-4-22(20-35)5-7-23/h4-11,21,26,28-29,35H,3,12-20H2,1-2H3,(H2,32,33,37). The summed E-state index contributed by atoms with van der Waals surface area (Å²) < 4.78 is 29.8. The minimum absolute atomic E-state index is 0.0131. The molecule has 3 saturated heterocycles. The number of piperidine rings is 1. The molecule has 42 heavy (non-hydrogen) atoms. The first-order chi connectivity index (χ1) is 20.4. The van der Waals surface area contributed by atoms with Crippen molar-refractivity contribution >= 4 is 17.7 Å². The van der Waals surface area contributed by atoms with Crippen LogP contribution in [0, 0.1) is 5.92 Å². The molecule has 5 rings (SSSR count). The molecule has 228 valence electrons. The summed E-state index contributed by atoms with van der Waals surface area (Å²) in [6.45, 7) is 7.70. The Labute approximate surface area is 246 Å². The molecule has 0 aromatic heterocycles. The summed E-state index contributed by atoms with van der Waals surface area (Å²) in [4.78, 5) is 26.1. The summed E-state index contributed by atoms with van der Waals surface area (Å²) in [6.07, 6.45) is 0.741. The molecule has 3 heterocycles. The molecule has 11 nitrogen and oxygen atoms in total. The molecule has 2 aromatic rings. The van der Waals surface area contributed by atoms with Gasteiger partial charge in [-0.15, -0.1) is 0 Å². The molecule has 0 radical (unpaired) electrons. The van der Waals surface area contributed by atoms with Crippen LogP contribution in [-0.4, -0.2) is 79.9 Å². The van der Waals surface area contributed by atoms with Gasteiger partial charge < -0.3 is 44.3 Å². The third kappa shape index (κ3) is 7.47. The van der Waals surface area contributed by atoms with E-state index in [1.54, 1.807) is 19.1 Å². The lowest BCUT2D eigenvalue weighted by molar-refractivity contribution is -0.278. The second-order valence-corrected chi connectivity index (χ2v) is 11.0. The Morgan fingerprint density at radius 3 is 2.31 bits per heavy atom. The number of carbonyl (C=O) groups excluding carboxylic acids is 2. The quantitative estimate of drug-likeness (QED) is 0.380. The first kappa shape index (κ1) is 30.4. The SMILES string of the molecule is CCOC(=O)CNC(=O)Nc1ccc(C2OC(CN3CCC4(CC3)OCCO4)C(C)C(c3ccc(CO)cc3)O2)cc1. The predicted molar refractivity (Wildman–Crippen MR) is 153 cm³/mol. The van der Waals surface area contributed by atoms with Crippen LogP contribution in [0.4, 0.5) is 10.5 Å². The van der Waals surface area contributed by atoms with Gasteiger partial charge in [0.1, 0.15) is 6.54 Å². The molecule has 3 aliphatic heterocycles. The van der Waals surface area contributed by atoms with Gasteiger partial charge in [-0.1, -0.05) is 43.3 Å². The normalized spacial score (nSPS) is 25.7. The Morgan fingerprint density at radius 2 is 1.67 bits per heavy atom. The number of amides is 2. The van der Waals surface area contributed by atoms with Crippen molar-refractivity contribution in [3.05, 3.63) is 65.2 Å². The zero-order valence-corrected chi connectivity index (χ0v) is 24.3. The van der Waals surface area contributed by atoms with E-state index in [0.717, 1.165) is 49.2 Å². The van der Waals surface area contributed by atoms with Gasteiger partial charge in [0.05, 0.1) is 38.6 Å². The average Bonchev–Trinajstić information content (AvgIpc) is 3.47. The van der Waals surface area contributed by atoms with Crippen LogP contribution in [0.15, 0.2) is 48.5 Å². The summed E-state index contributed by atoms with van der Waals surface area (Å²) in [5, 5.41) is 14.7. The van der Waals surface area contributed by atoms with E-state index in [1.165, 1.54) is 0 Å². The van der Waals surface area contributed by atoms with Gasteiger partial charge in [0.25, 0.3) is 0 Å². The van der Waals surface area contributed by atoms with Crippen molar-refractivity contribution in [2.75, 3.05) is 51.3 Å². The number of likely N-dealkylation sites (tertiary alicyclic amines) is 1. The smallest absolute Gasteiger partial charge is 0.325 e. The third-order valence-electron chi connectivity index (χ3n) is 8.13. The molecule has 0 saturated carbocycles. The lowest BCUT2D eigenvalue weighted by Gasteiger charge is -2.44. The number of anilines is 1. The maximum absolute atomic E-state index is 12.2. The summed E-state index contributed by atoms with van der Waals surface area (Å²) >= 11 is 0. The van der Waals surface area contributed by atoms with Crippen molar-refractivity contribution in [1.82, 2.24) is 10.2 Å². The number of benzene rings is 2. The van der Waals surface area contributed by atoms with Crippen molar-refractivity contribution in [3.8, 4) is 0 Å². The van der Waals surface area contributed by atoms with Gasteiger partial charge in [-0.3, -0.25) is 4.79 Å². The zero-order valence-electron chi connectivity index (χ0n) is 24.3. The Morgan fingerprint density at radius 1 is 1.00 bits per heavy atom. The number of nitrogens with one attached hydrogen (secondary N) is 2. The van der Waals surface area contributed by atoms with Crippen LogP contribution >= 0.6 is 0 Å². The summed E-state index contributed by atoms with van der Waals surface area (Å²) in [5.74, 6) is -0.854. The van der Waals surface area contributed by atoms with E-state index in [1.807, 2.05) is 36.4 Å². The molecule has 4 atom stereocenters. The number of aliphatic hydroxyl groups is 1. The highest BCUT2D eigenvalue weighted by molar-refractivity contribution is 5.91. The van der Waals surface area contributed by atoms with Gasteiger partial charge in [-0.05, 0) is 30.2 Å². The second kappa shape index (κ2) is 13.9. The van der Waals surface area contributed by atoms with Crippen LogP contribution in [0.5, 0.6) is 0 Å². The molecular formula is C31H41N3O8. The summed E-state index contributed by atoms with van der Waals surface area (Å²) in [6, 6.07) is 14.6. The zero-order chi connectivity index (χ0) is 29.5. The monoisotopic (exact) mass is 583 g/mol. The van der Waals surface area contributed by atoms with Gasteiger partial charge in [0.15, 0.2) is 12.1 Å². The molecule has 0 bridgehead atoms. The molecule has 2 aromatic carbocycles. The van der Waals surface area contributed by atoms with E-state index in [4.69, 9.17) is 23.7 Å². The molecule has 11 heteroatoms. The van der Waals surface area contributed by atoms with Crippen LogP contribution in [-0.2, 0) is 35.1 Å². The van der Waals surface area contributed by atoms with E-state index in [9.17, 15) is 14.7 Å². The number of carbonyl (C=O) groups is 2. The first-order valence-electron chi connectivity index (χ1n) is 14.7. The van der Waals surface area contributed by atoms with Crippen LogP contribution in [0.1, 0.15) is 55.8 Å². The predicted octanol–water partition coefficient (Wildman–Crippen LogP) is 3.49. The lowest BCUT2D eigenvalue weighted by atomic mass is 9.89. The molecular weight excluding hydrogens is 542 g/mol. The van der Waals surface area contributed by atoms with Gasteiger partial charge in [0.2, 0.25) is 0 Å². The minimum atomic E-state index is -0.613. The largest absolute Gasteiger partial charge is 0.465 e. The third-order valence-corrected chi connectivity index (χ3v) is 8.13. The number of ether oxygens (including phenoxy) is 5. The van der Waals surface area contributed by atoms with Gasteiger partial charge in [-0.2, -0.15) is 0 Å². The summed E-state index contributed by atoms with van der Waals surface area (Å²) in [7, 11) is 0. The van der Waals surface area contributed by atoms with E-state index >= 15 is 0 Å². The highest BCUT2D eigenvalue weighted by Gasteiger charge is 2.43. The van der Waals surface area contributed by atoms with Crippen LogP contribution in [0.3, 0.4) is 0 Å². The fraction of sp³-hybridized carbons (Fsp3) is 0.548. The van der Waals surface area contributed by atoms with Gasteiger partial charge >= 0.3 is 12.0 Å². The average molecular weight is 584 g/mol. The highest BCUT2D eigenvalue weighted by atomic mass is 16.7. The number of nitrogens with zero attached hydrogens (tertiary/aromatic N) is 1. The number of urea groups is 1. The number of hydrogen-bond donors (Lipinski definition) is 3. The Hall–Kier alpha value is -3.06. The second-order valence-electron chi connectivity index (χ2n) is 11.0. The Kier molecular flexibility index (Phi) is 10.1. The molecule has 2 amide bonds. The van der Waals surface area contributed by atoms with Crippen molar-refractivity contribution < 1.29 is 38.4 Å². The van der Waals surface area contributed by atoms with Gasteiger partial charge in [0, 0.05) is 49.6 Å². The highest BCUT2D eigenvalue weighted by Crippen LogP contribution is 2.42. The fourth-order valence-corrected chi connectivity index (χ4v) is 5.71. The van der Waals surface area contributed by atoms with E-state index in [0.29, 0.717) is 18.9 Å². The van der Waals surface area contributed by atoms with E-state index < -0.39 is 24.1 Å². The molecule has 4 unspecified atom stereocenters. The first-order valence-corrected chi connectivity index (χ1v) is 14.7. The van der Waals surface area contributed by atoms with Crippen LogP contribution in [0.25, 0.3) is 0 Å². The van der Waals surface area contributed by atoms with Crippen molar-refractivity contribution in [3.63, 3.8) is 0 Å². The molecule has 3 N–H and O–H groups in total. The molecule has 1 spiro atoms. The maximum Gasteiger partial charge on any atom is 0.325 e. The topological polar surface area (TPSA) is 128 Å². The number of esters is 1. The number of rotatable bonds is 9. The van der Waals surface area contributed by atoms with Crippen molar-refractivity contribution in [2.45, 2.75) is 57.6 Å². The fourth-order valence-electron chi connectivity index (χ4n) is 5.71. The Balaban J connectivity index is 1.26. The van der Waals surface area contributed by atoms with E-state index in [-0.39, 0.29) is 37.9 Å². The molecule has 0 aliphatic carbocycles. The van der Waals surface area contributed by atoms with Crippen LogP contribution < -0.4 is 10.6 Å². The van der Waals surface area contributed by atoms with Crippen LogP contribution in [0.2, 0.25) is 0 Å². The van der Waals surface area contributed by atoms with E-state index in [2.05, 4.69) is 22.5 Å². The molecule has 3 fully saturated rings. The number of hydrogen-bond acceptors (Lipinski definition) is 9. The maximum atomic E-state index is 12.2. The van der Waals surface area contributed by atoms with Crippen molar-refractivity contribution in [1.29, 1.82) is 0 Å². The number of aliphatic hydroxyl groups excluding tert-OH is 1. The summed E-state index contributed by atoms with van der Waals surface area (Å²) in [5.41, 5.74) is 3.27. The van der Waals surface area contributed by atoms with Gasteiger partial charge in [-0.25, -0.2) is 4.79 Å². The minimum Gasteiger partial charge on any atom is -0.465 e. The lowest BCUT2D eigenvalue weighted by Crippen LogP contribution is -2.50.